The van der Waals surface area contributed by atoms with Gasteiger partial charge in [-0.3, -0.25) is 14.5 Å². The molecule has 4 N–H and O–H groups in total. The van der Waals surface area contributed by atoms with Gasteiger partial charge in [-0.15, -0.1) is 0 Å². The van der Waals surface area contributed by atoms with Gasteiger partial charge in [-0.2, -0.15) is 0 Å². The molecule has 0 radical (unpaired) electrons. The summed E-state index contributed by atoms with van der Waals surface area (Å²) in [7, 11) is -3.88. The molecule has 10 heteroatoms. The van der Waals surface area contributed by atoms with E-state index in [1.54, 1.807) is 39.0 Å². The number of hydrogen-bond acceptors (Lipinski definition) is 6. The molecule has 0 aliphatic carbocycles. The quantitative estimate of drug-likeness (QED) is 0.593. The third kappa shape index (κ3) is 5.93. The summed E-state index contributed by atoms with van der Waals surface area (Å²) in [5, 5.41) is 2.39. The molecule has 1 fully saturated rings. The number of carbonyl (C=O) groups is 2. The topological polar surface area (TPSA) is 135 Å². The second kappa shape index (κ2) is 8.81. The van der Waals surface area contributed by atoms with Crippen molar-refractivity contribution in [2.75, 3.05) is 11.9 Å². The molecule has 1 saturated heterocycles. The van der Waals surface area contributed by atoms with Gasteiger partial charge in [-0.25, -0.2) is 13.1 Å². The highest BCUT2D eigenvalue weighted by atomic mass is 32.2. The second-order valence-electron chi connectivity index (χ2n) is 8.66. The number of nitrogens with one attached hydrogen (secondary N) is 2. The molecule has 1 aromatic carbocycles. The van der Waals surface area contributed by atoms with Crippen LogP contribution in [0.1, 0.15) is 49.7 Å². The van der Waals surface area contributed by atoms with E-state index in [0.29, 0.717) is 12.2 Å². The van der Waals surface area contributed by atoms with E-state index in [-0.39, 0.29) is 22.8 Å². The summed E-state index contributed by atoms with van der Waals surface area (Å²) in [5.74, 6) is -1.01. The predicted octanol–water partition coefficient (Wildman–Crippen LogP) is 2.06. The number of nitrogens with zero attached hydrogens (tertiary/aromatic N) is 1. The zero-order valence-electron chi connectivity index (χ0n) is 17.8. The van der Waals surface area contributed by atoms with Crippen LogP contribution in [0.5, 0.6) is 0 Å². The highest BCUT2D eigenvalue weighted by Gasteiger charge is 2.29. The Morgan fingerprint density at radius 3 is 2.65 bits per heavy atom. The number of primary amides is 1. The van der Waals surface area contributed by atoms with Crippen molar-refractivity contribution in [2.24, 2.45) is 5.73 Å². The molecule has 1 aromatic heterocycles. The molecule has 1 aliphatic heterocycles. The minimum atomic E-state index is -3.88. The zero-order chi connectivity index (χ0) is 22.8. The fourth-order valence-electron chi connectivity index (χ4n) is 3.55. The Kier molecular flexibility index (Phi) is 6.54. The molecule has 0 bridgehead atoms. The van der Waals surface area contributed by atoms with Gasteiger partial charge in [0.25, 0.3) is 15.9 Å². The SMILES string of the molecule is CC(C)(C)NS(=O)(=O)c1ccc(C(=O)Nc2cccc(CN3CCCC3C(N)=O)c2)o1. The predicted molar refractivity (Wildman–Crippen MR) is 116 cm³/mol. The standard InChI is InChI=1S/C21H28N4O5S/c1-21(2,3)24-31(28,29)18-10-9-17(30-18)20(27)23-15-7-4-6-14(12-15)13-25-11-5-8-16(25)19(22)26/h4,6-7,9-10,12,16,24H,5,8,11,13H2,1-3H3,(H2,22,26)(H,23,27). The maximum atomic E-state index is 12.5. The second-order valence-corrected chi connectivity index (χ2v) is 10.3. The Morgan fingerprint density at radius 2 is 1.97 bits per heavy atom. The van der Waals surface area contributed by atoms with Crippen LogP contribution in [0.25, 0.3) is 0 Å². The first-order valence-electron chi connectivity index (χ1n) is 10.0. The van der Waals surface area contributed by atoms with Gasteiger partial charge < -0.3 is 15.5 Å². The van der Waals surface area contributed by atoms with Crippen molar-refractivity contribution in [1.29, 1.82) is 0 Å². The molecule has 0 spiro atoms. The molecule has 168 valence electrons. The summed E-state index contributed by atoms with van der Waals surface area (Å²) < 4.78 is 32.5. The highest BCUT2D eigenvalue weighted by molar-refractivity contribution is 7.89. The smallest absolute Gasteiger partial charge is 0.291 e. The van der Waals surface area contributed by atoms with Gasteiger partial charge in [-0.05, 0) is 70.0 Å². The molecule has 2 aromatic rings. The van der Waals surface area contributed by atoms with Crippen LogP contribution < -0.4 is 15.8 Å². The summed E-state index contributed by atoms with van der Waals surface area (Å²) in [6.07, 6.45) is 1.66. The van der Waals surface area contributed by atoms with Crippen LogP contribution in [0.15, 0.2) is 45.9 Å². The van der Waals surface area contributed by atoms with Crippen molar-refractivity contribution in [1.82, 2.24) is 9.62 Å². The number of nitrogens with two attached hydrogens (primary N) is 1. The Hall–Kier alpha value is -2.69. The fourth-order valence-corrected chi connectivity index (χ4v) is 4.91. The molecule has 1 unspecified atom stereocenters. The average Bonchev–Trinajstić information content (AvgIpc) is 3.30. The largest absolute Gasteiger partial charge is 0.438 e. The van der Waals surface area contributed by atoms with Gasteiger partial charge in [0.15, 0.2) is 5.76 Å². The molecule has 0 saturated carbocycles. The molecule has 31 heavy (non-hydrogen) atoms. The molecular weight excluding hydrogens is 420 g/mol. The lowest BCUT2D eigenvalue weighted by atomic mass is 10.1. The maximum absolute atomic E-state index is 12.5. The van der Waals surface area contributed by atoms with Crippen LogP contribution in [0.3, 0.4) is 0 Å². The molecule has 9 nitrogen and oxygen atoms in total. The first kappa shape index (κ1) is 23.0. The van der Waals surface area contributed by atoms with Crippen LogP contribution in [0.4, 0.5) is 5.69 Å². The minimum Gasteiger partial charge on any atom is -0.438 e. The van der Waals surface area contributed by atoms with Crippen molar-refractivity contribution < 1.29 is 22.4 Å². The number of likely N-dealkylation sites (tertiary alicyclic amines) is 1. The Bertz CT molecular complexity index is 1070. The molecule has 2 heterocycles. The van der Waals surface area contributed by atoms with Crippen molar-refractivity contribution >= 4 is 27.5 Å². The van der Waals surface area contributed by atoms with E-state index in [4.69, 9.17) is 10.2 Å². The lowest BCUT2D eigenvalue weighted by molar-refractivity contribution is -0.122. The van der Waals surface area contributed by atoms with Crippen molar-refractivity contribution in [3.8, 4) is 0 Å². The number of carbonyl (C=O) groups excluding carboxylic acids is 2. The summed E-state index contributed by atoms with van der Waals surface area (Å²) in [6.45, 7) is 6.46. The Morgan fingerprint density at radius 1 is 1.23 bits per heavy atom. The monoisotopic (exact) mass is 448 g/mol. The Labute approximate surface area is 182 Å². The van der Waals surface area contributed by atoms with Crippen LogP contribution in [0, 0.1) is 0 Å². The van der Waals surface area contributed by atoms with E-state index in [1.165, 1.54) is 12.1 Å². The first-order chi connectivity index (χ1) is 14.4. The van der Waals surface area contributed by atoms with E-state index < -0.39 is 21.5 Å². The highest BCUT2D eigenvalue weighted by Crippen LogP contribution is 2.22. The normalized spacial score (nSPS) is 17.6. The van der Waals surface area contributed by atoms with E-state index >= 15 is 0 Å². The van der Waals surface area contributed by atoms with Crippen LogP contribution in [0.2, 0.25) is 0 Å². The molecule has 2 amide bonds. The first-order valence-corrected chi connectivity index (χ1v) is 11.5. The fraction of sp³-hybridized carbons (Fsp3) is 0.429. The summed E-state index contributed by atoms with van der Waals surface area (Å²) >= 11 is 0. The van der Waals surface area contributed by atoms with Crippen LogP contribution in [-0.2, 0) is 21.4 Å². The molecule has 3 rings (SSSR count). The van der Waals surface area contributed by atoms with Gasteiger partial charge in [-0.1, -0.05) is 12.1 Å². The third-order valence-corrected chi connectivity index (χ3v) is 6.40. The summed E-state index contributed by atoms with van der Waals surface area (Å²) in [6, 6.07) is 9.51. The van der Waals surface area contributed by atoms with Gasteiger partial charge in [0.05, 0.1) is 6.04 Å². The van der Waals surface area contributed by atoms with Gasteiger partial charge in [0.2, 0.25) is 11.0 Å². The van der Waals surface area contributed by atoms with Gasteiger partial charge >= 0.3 is 0 Å². The van der Waals surface area contributed by atoms with Crippen LogP contribution >= 0.6 is 0 Å². The van der Waals surface area contributed by atoms with Crippen molar-refractivity contribution in [3.63, 3.8) is 0 Å². The number of amides is 2. The Balaban J connectivity index is 1.68. The van der Waals surface area contributed by atoms with Crippen molar-refractivity contribution in [2.45, 2.75) is 56.8 Å². The summed E-state index contributed by atoms with van der Waals surface area (Å²) in [5.41, 5.74) is 6.24. The average molecular weight is 449 g/mol. The molecular formula is C21H28N4O5S. The number of rotatable bonds is 7. The van der Waals surface area contributed by atoms with E-state index in [9.17, 15) is 18.0 Å². The van der Waals surface area contributed by atoms with Crippen molar-refractivity contribution in [3.05, 3.63) is 47.7 Å². The van der Waals surface area contributed by atoms with E-state index in [0.717, 1.165) is 24.9 Å². The number of benzene rings is 1. The number of sulfonamides is 1. The van der Waals surface area contributed by atoms with E-state index in [1.807, 2.05) is 11.0 Å². The van der Waals surface area contributed by atoms with Gasteiger partial charge in [0.1, 0.15) is 0 Å². The number of anilines is 1. The molecule has 1 atom stereocenters. The zero-order valence-corrected chi connectivity index (χ0v) is 18.7. The van der Waals surface area contributed by atoms with Gasteiger partial charge in [0, 0.05) is 17.8 Å². The third-order valence-electron chi connectivity index (χ3n) is 4.77. The lowest BCUT2D eigenvalue weighted by Crippen LogP contribution is -2.40. The number of hydrogen-bond donors (Lipinski definition) is 3. The maximum Gasteiger partial charge on any atom is 0.291 e. The number of furan rings is 1. The summed E-state index contributed by atoms with van der Waals surface area (Å²) in [4.78, 5) is 26.2. The molecule has 1 aliphatic rings. The van der Waals surface area contributed by atoms with E-state index in [2.05, 4.69) is 10.0 Å². The lowest BCUT2D eigenvalue weighted by Gasteiger charge is -2.22. The minimum absolute atomic E-state index is 0.118. The van der Waals surface area contributed by atoms with Crippen LogP contribution in [-0.4, -0.2) is 43.3 Å².